The summed E-state index contributed by atoms with van der Waals surface area (Å²) in [5, 5.41) is 0. The van der Waals surface area contributed by atoms with Gasteiger partial charge < -0.3 is 10.6 Å². The van der Waals surface area contributed by atoms with Crippen LogP contribution in [0.25, 0.3) is 0 Å². The summed E-state index contributed by atoms with van der Waals surface area (Å²) in [5.74, 6) is 0. The first-order chi connectivity index (χ1) is 7.27. The first-order valence-electron chi connectivity index (χ1n) is 5.88. The van der Waals surface area contributed by atoms with Crippen LogP contribution in [-0.2, 0) is 0 Å². The smallest absolute Gasteiger partial charge is 0.0386 e. The molecule has 0 unspecified atom stereocenters. The van der Waals surface area contributed by atoms with Crippen LogP contribution in [0, 0.1) is 0 Å². The lowest BCUT2D eigenvalue weighted by Gasteiger charge is -2.23. The van der Waals surface area contributed by atoms with Crippen LogP contribution in [0.1, 0.15) is 33.1 Å². The quantitative estimate of drug-likeness (QED) is 0.571. The highest BCUT2D eigenvalue weighted by molar-refractivity contribution is 5.55. The lowest BCUT2D eigenvalue weighted by Crippen LogP contribution is -2.23. The third-order valence-electron chi connectivity index (χ3n) is 2.65. The van der Waals surface area contributed by atoms with Crippen molar-refractivity contribution in [2.45, 2.75) is 33.1 Å². The van der Waals surface area contributed by atoms with Crippen LogP contribution in [0.3, 0.4) is 0 Å². The van der Waals surface area contributed by atoms with E-state index in [0.29, 0.717) is 0 Å². The molecule has 2 heteroatoms. The molecule has 0 aliphatic carbocycles. The summed E-state index contributed by atoms with van der Waals surface area (Å²) in [4.78, 5) is 2.38. The molecule has 2 N–H and O–H groups in total. The second-order valence-electron chi connectivity index (χ2n) is 3.88. The summed E-state index contributed by atoms with van der Waals surface area (Å²) < 4.78 is 0. The molecule has 0 heterocycles. The Balaban J connectivity index is 2.57. The van der Waals surface area contributed by atoms with E-state index in [1.54, 1.807) is 0 Å². The lowest BCUT2D eigenvalue weighted by molar-refractivity contribution is 0.685. The largest absolute Gasteiger partial charge is 0.399 e. The Morgan fingerprint density at radius 1 is 1.20 bits per heavy atom. The van der Waals surface area contributed by atoms with E-state index in [1.165, 1.54) is 24.9 Å². The molecule has 0 fully saturated rings. The van der Waals surface area contributed by atoms with Gasteiger partial charge in [-0.25, -0.2) is 0 Å². The van der Waals surface area contributed by atoms with E-state index in [1.807, 2.05) is 12.1 Å². The predicted octanol–water partition coefficient (Wildman–Crippen LogP) is 3.29. The number of nitrogen functional groups attached to an aromatic ring is 1. The fourth-order valence-electron chi connectivity index (χ4n) is 1.74. The van der Waals surface area contributed by atoms with E-state index >= 15 is 0 Å². The number of hydrogen-bond acceptors (Lipinski definition) is 2. The van der Waals surface area contributed by atoms with Crippen LogP contribution in [0.4, 0.5) is 11.4 Å². The zero-order chi connectivity index (χ0) is 11.1. The van der Waals surface area contributed by atoms with Crippen LogP contribution in [0.15, 0.2) is 24.3 Å². The summed E-state index contributed by atoms with van der Waals surface area (Å²) in [6, 6.07) is 8.14. The monoisotopic (exact) mass is 206 g/mol. The van der Waals surface area contributed by atoms with Crippen LogP contribution < -0.4 is 10.6 Å². The second-order valence-corrected chi connectivity index (χ2v) is 3.88. The maximum Gasteiger partial charge on any atom is 0.0386 e. The van der Waals surface area contributed by atoms with E-state index < -0.39 is 0 Å². The second kappa shape index (κ2) is 6.33. The van der Waals surface area contributed by atoms with Gasteiger partial charge in [-0.2, -0.15) is 0 Å². The summed E-state index contributed by atoms with van der Waals surface area (Å²) >= 11 is 0. The van der Waals surface area contributed by atoms with Gasteiger partial charge in [0.15, 0.2) is 0 Å². The summed E-state index contributed by atoms with van der Waals surface area (Å²) in [7, 11) is 0. The van der Waals surface area contributed by atoms with Gasteiger partial charge in [0.1, 0.15) is 0 Å². The molecule has 0 aromatic heterocycles. The van der Waals surface area contributed by atoms with Crippen LogP contribution >= 0.6 is 0 Å². The normalized spacial score (nSPS) is 10.3. The minimum atomic E-state index is 0.849. The van der Waals surface area contributed by atoms with Crippen molar-refractivity contribution in [2.75, 3.05) is 23.7 Å². The Hall–Kier alpha value is -1.18. The fourth-order valence-corrected chi connectivity index (χ4v) is 1.74. The van der Waals surface area contributed by atoms with Gasteiger partial charge >= 0.3 is 0 Å². The van der Waals surface area contributed by atoms with Gasteiger partial charge in [-0.1, -0.05) is 25.8 Å². The highest BCUT2D eigenvalue weighted by atomic mass is 15.1. The SMILES string of the molecule is CCCCCN(CC)c1cccc(N)c1. The van der Waals surface area contributed by atoms with Crippen LogP contribution in [-0.4, -0.2) is 13.1 Å². The van der Waals surface area contributed by atoms with E-state index in [4.69, 9.17) is 5.73 Å². The Morgan fingerprint density at radius 2 is 2.00 bits per heavy atom. The summed E-state index contributed by atoms with van der Waals surface area (Å²) in [6.07, 6.45) is 3.84. The van der Waals surface area contributed by atoms with E-state index in [2.05, 4.69) is 30.9 Å². The van der Waals surface area contributed by atoms with Crippen LogP contribution in [0.2, 0.25) is 0 Å². The molecule has 2 nitrogen and oxygen atoms in total. The van der Waals surface area contributed by atoms with Gasteiger partial charge in [-0.05, 0) is 31.5 Å². The highest BCUT2D eigenvalue weighted by Gasteiger charge is 2.03. The molecule has 15 heavy (non-hydrogen) atoms. The van der Waals surface area contributed by atoms with Gasteiger partial charge in [0.05, 0.1) is 0 Å². The molecule has 0 bridgehead atoms. The van der Waals surface area contributed by atoms with E-state index in [0.717, 1.165) is 18.8 Å². The van der Waals surface area contributed by atoms with Gasteiger partial charge in [-0.15, -0.1) is 0 Å². The van der Waals surface area contributed by atoms with Gasteiger partial charge in [0.2, 0.25) is 0 Å². The van der Waals surface area contributed by atoms with Crippen molar-refractivity contribution in [1.82, 2.24) is 0 Å². The number of hydrogen-bond donors (Lipinski definition) is 1. The van der Waals surface area contributed by atoms with Gasteiger partial charge in [0, 0.05) is 24.5 Å². The van der Waals surface area contributed by atoms with E-state index in [-0.39, 0.29) is 0 Å². The molecule has 0 atom stereocenters. The Bertz CT molecular complexity index is 284. The average Bonchev–Trinajstić information content (AvgIpc) is 2.24. The fraction of sp³-hybridized carbons (Fsp3) is 0.538. The van der Waals surface area contributed by atoms with Gasteiger partial charge in [0.25, 0.3) is 0 Å². The standard InChI is InChI=1S/C13H22N2/c1-3-5-6-10-15(4-2)13-9-7-8-12(14)11-13/h7-9,11H,3-6,10,14H2,1-2H3. The maximum absolute atomic E-state index is 5.78. The molecule has 0 amide bonds. The Kier molecular flexibility index (Phi) is 5.02. The molecular formula is C13H22N2. The molecule has 0 aliphatic heterocycles. The summed E-state index contributed by atoms with van der Waals surface area (Å²) in [6.45, 7) is 6.60. The first-order valence-corrected chi connectivity index (χ1v) is 5.88. The number of rotatable bonds is 6. The number of nitrogens with two attached hydrogens (primary N) is 1. The molecule has 0 saturated heterocycles. The Morgan fingerprint density at radius 3 is 2.60 bits per heavy atom. The van der Waals surface area contributed by atoms with Crippen molar-refractivity contribution < 1.29 is 0 Å². The molecule has 0 radical (unpaired) electrons. The molecule has 1 rings (SSSR count). The van der Waals surface area contributed by atoms with Crippen LogP contribution in [0.5, 0.6) is 0 Å². The molecule has 0 aliphatic rings. The number of anilines is 2. The van der Waals surface area contributed by atoms with Crippen molar-refractivity contribution in [3.8, 4) is 0 Å². The third-order valence-corrected chi connectivity index (χ3v) is 2.65. The van der Waals surface area contributed by atoms with E-state index in [9.17, 15) is 0 Å². The molecule has 1 aromatic rings. The highest BCUT2D eigenvalue weighted by Crippen LogP contribution is 2.17. The molecule has 1 aromatic carbocycles. The van der Waals surface area contributed by atoms with Crippen molar-refractivity contribution >= 4 is 11.4 Å². The third kappa shape index (κ3) is 3.82. The Labute approximate surface area is 93.1 Å². The molecular weight excluding hydrogens is 184 g/mol. The zero-order valence-corrected chi connectivity index (χ0v) is 9.87. The predicted molar refractivity (Wildman–Crippen MR) is 68.3 cm³/mol. The number of benzene rings is 1. The minimum Gasteiger partial charge on any atom is -0.399 e. The van der Waals surface area contributed by atoms with Crippen molar-refractivity contribution in [3.05, 3.63) is 24.3 Å². The van der Waals surface area contributed by atoms with Crippen molar-refractivity contribution in [2.24, 2.45) is 0 Å². The summed E-state index contributed by atoms with van der Waals surface area (Å²) in [5.41, 5.74) is 7.87. The topological polar surface area (TPSA) is 29.3 Å². The average molecular weight is 206 g/mol. The minimum absolute atomic E-state index is 0.849. The number of unbranched alkanes of at least 4 members (excludes halogenated alkanes) is 2. The molecule has 0 saturated carbocycles. The lowest BCUT2D eigenvalue weighted by atomic mass is 10.2. The molecule has 0 spiro atoms. The number of nitrogens with zero attached hydrogens (tertiary/aromatic N) is 1. The van der Waals surface area contributed by atoms with Crippen molar-refractivity contribution in [3.63, 3.8) is 0 Å². The van der Waals surface area contributed by atoms with Gasteiger partial charge in [-0.3, -0.25) is 0 Å². The molecule has 84 valence electrons. The zero-order valence-electron chi connectivity index (χ0n) is 9.87. The van der Waals surface area contributed by atoms with Crippen molar-refractivity contribution in [1.29, 1.82) is 0 Å². The first kappa shape index (κ1) is 11.9. The maximum atomic E-state index is 5.78.